The van der Waals surface area contributed by atoms with Gasteiger partial charge in [-0.1, -0.05) is 74.2 Å². The van der Waals surface area contributed by atoms with Crippen molar-refractivity contribution in [2.45, 2.75) is 39.3 Å². The Labute approximate surface area is 424 Å². The number of hydrazone groups is 2. The first-order valence-corrected chi connectivity index (χ1v) is 25.7. The second-order valence-electron chi connectivity index (χ2n) is 16.5. The van der Waals surface area contributed by atoms with Gasteiger partial charge in [0.2, 0.25) is 11.6 Å². The summed E-state index contributed by atoms with van der Waals surface area (Å²) in [5.41, 5.74) is 19.8. The Hall–Kier alpha value is -10.0. The maximum absolute atomic E-state index is 13.9. The standard InChI is InChI=1S/C20H23FN6OSi.C17H11FN6.C14H15FN6/c1-29(2,3)12-10-17(28)26-27-19(23)18(22)15-8-6-11-24-20(15)25-13-14-7-4-5-9-16(14)21;1-2-14-20-16(22-21-14)15-12-7-5-9-19-17(12)24(23-15)10-11-6-3-4-8-13(11)18;15-11-6-2-1-4-9(11)8-20-14-10(5-3-7-19-14)12(16)13(17)21-18/h4-9,11,22H,13H2,1-3H3,(H2,23,27)(H,24,25)(H,26,28);1,3-9H,10H2,(H,20,21,22);1-7,16H,8,18H2,(H2,17,21)(H,19,20). The van der Waals surface area contributed by atoms with E-state index in [0.29, 0.717) is 62.4 Å². The third-order valence-electron chi connectivity index (χ3n) is 10.1. The van der Waals surface area contributed by atoms with E-state index in [2.05, 4.69) is 78.9 Å². The number of carbonyl (C=O) groups is 1. The van der Waals surface area contributed by atoms with Gasteiger partial charge < -0.3 is 27.9 Å². The van der Waals surface area contributed by atoms with Crippen molar-refractivity contribution in [2.24, 2.45) is 27.5 Å². The number of hydrogen-bond donors (Lipinski definition) is 9. The Morgan fingerprint density at radius 2 is 1.26 bits per heavy atom. The van der Waals surface area contributed by atoms with E-state index in [1.54, 1.807) is 108 Å². The first-order valence-electron chi connectivity index (χ1n) is 22.2. The van der Waals surface area contributed by atoms with Crippen LogP contribution in [0.4, 0.5) is 24.8 Å². The first-order chi connectivity index (χ1) is 35.6. The van der Waals surface area contributed by atoms with Gasteiger partial charge in [-0.05, 0) is 66.4 Å². The molecule has 23 heteroatoms. The van der Waals surface area contributed by atoms with Gasteiger partial charge in [0, 0.05) is 59.5 Å². The van der Waals surface area contributed by atoms with Crippen LogP contribution in [0.3, 0.4) is 0 Å². The van der Waals surface area contributed by atoms with E-state index in [-0.39, 0.29) is 60.2 Å². The number of aromatic amines is 1. The highest BCUT2D eigenvalue weighted by atomic mass is 28.3. The predicted octanol–water partition coefficient (Wildman–Crippen LogP) is 6.29. The van der Waals surface area contributed by atoms with Crippen molar-refractivity contribution in [3.8, 4) is 35.3 Å². The average molecular weight is 1020 g/mol. The van der Waals surface area contributed by atoms with Crippen LogP contribution in [-0.2, 0) is 24.4 Å². The van der Waals surface area contributed by atoms with Crippen LogP contribution in [0, 0.1) is 52.1 Å². The van der Waals surface area contributed by atoms with Crippen LogP contribution in [0.25, 0.3) is 22.6 Å². The molecule has 19 nitrogen and oxygen atoms in total. The number of amides is 1. The molecule has 8 rings (SSSR count). The molecule has 0 fully saturated rings. The van der Waals surface area contributed by atoms with Crippen molar-refractivity contribution in [1.29, 1.82) is 10.8 Å². The number of nitrogens with one attached hydrogen (secondary N) is 6. The maximum Gasteiger partial charge on any atom is 0.315 e. The minimum atomic E-state index is -1.69. The zero-order valence-electron chi connectivity index (χ0n) is 40.1. The van der Waals surface area contributed by atoms with Gasteiger partial charge in [-0.15, -0.1) is 12.0 Å². The summed E-state index contributed by atoms with van der Waals surface area (Å²) >= 11 is 0. The quantitative estimate of drug-likeness (QED) is 0.0145. The summed E-state index contributed by atoms with van der Waals surface area (Å²) in [5.74, 6) is 9.60. The molecule has 0 spiro atoms. The smallest absolute Gasteiger partial charge is 0.315 e. The van der Waals surface area contributed by atoms with E-state index in [1.165, 1.54) is 18.2 Å². The van der Waals surface area contributed by atoms with Crippen LogP contribution in [0.1, 0.15) is 33.6 Å². The lowest BCUT2D eigenvalue weighted by Gasteiger charge is -2.12. The maximum atomic E-state index is 13.9. The number of pyridine rings is 3. The molecule has 0 aliphatic carbocycles. The van der Waals surface area contributed by atoms with Gasteiger partial charge in [-0.25, -0.2) is 38.2 Å². The summed E-state index contributed by atoms with van der Waals surface area (Å²) in [5, 5.41) is 41.2. The van der Waals surface area contributed by atoms with Crippen LogP contribution in [0.15, 0.2) is 138 Å². The van der Waals surface area contributed by atoms with Crippen molar-refractivity contribution in [2.75, 3.05) is 10.6 Å². The van der Waals surface area contributed by atoms with Gasteiger partial charge >= 0.3 is 5.91 Å². The minimum Gasteiger partial charge on any atom is -0.380 e. The molecule has 12 N–H and O–H groups in total. The molecule has 0 saturated heterocycles. The summed E-state index contributed by atoms with van der Waals surface area (Å²) in [6.07, 6.45) is 10.1. The van der Waals surface area contributed by atoms with E-state index in [0.717, 1.165) is 5.39 Å². The molecule has 0 radical (unpaired) electrons. The number of amidine groups is 2. The van der Waals surface area contributed by atoms with E-state index in [1.807, 2.05) is 25.7 Å². The Morgan fingerprint density at radius 1 is 0.743 bits per heavy atom. The summed E-state index contributed by atoms with van der Waals surface area (Å²) in [6, 6.07) is 29.7. The highest BCUT2D eigenvalue weighted by molar-refractivity contribution is 6.84. The topological polar surface area (TPSA) is 302 Å². The zero-order valence-corrected chi connectivity index (χ0v) is 41.1. The summed E-state index contributed by atoms with van der Waals surface area (Å²) in [6.45, 7) is 6.72. The van der Waals surface area contributed by atoms with E-state index >= 15 is 0 Å². The molecule has 5 aromatic heterocycles. The molecule has 0 aliphatic rings. The van der Waals surface area contributed by atoms with E-state index in [4.69, 9.17) is 34.6 Å². The lowest BCUT2D eigenvalue weighted by atomic mass is 10.1. The van der Waals surface area contributed by atoms with Gasteiger partial charge in [0.1, 0.15) is 54.3 Å². The van der Waals surface area contributed by atoms with Crippen LogP contribution in [-0.4, -0.2) is 77.0 Å². The number of nitrogens with zero attached hydrogens (tertiary/aromatic N) is 9. The van der Waals surface area contributed by atoms with Crippen LogP contribution >= 0.6 is 0 Å². The molecule has 3 aromatic carbocycles. The van der Waals surface area contributed by atoms with Crippen LogP contribution in [0.5, 0.6) is 0 Å². The van der Waals surface area contributed by atoms with Crippen molar-refractivity contribution in [1.82, 2.24) is 45.3 Å². The number of H-pyrrole nitrogens is 1. The second kappa shape index (κ2) is 25.2. The Kier molecular flexibility index (Phi) is 18.2. The van der Waals surface area contributed by atoms with Crippen LogP contribution < -0.4 is 33.4 Å². The van der Waals surface area contributed by atoms with Crippen LogP contribution in [0.2, 0.25) is 19.6 Å². The molecule has 0 atom stereocenters. The average Bonchev–Trinajstić information content (AvgIpc) is 4.04. The van der Waals surface area contributed by atoms with Gasteiger partial charge in [-0.2, -0.15) is 25.4 Å². The molecule has 0 unspecified atom stereocenters. The van der Waals surface area contributed by atoms with Gasteiger partial charge in [0.25, 0.3) is 0 Å². The first kappa shape index (κ1) is 53.4. The lowest BCUT2D eigenvalue weighted by molar-refractivity contribution is -0.115. The number of rotatable bonds is 14. The summed E-state index contributed by atoms with van der Waals surface area (Å²) in [4.78, 5) is 28.6. The molecule has 5 heterocycles. The molecule has 0 aliphatic heterocycles. The van der Waals surface area contributed by atoms with Crippen molar-refractivity contribution < 1.29 is 18.0 Å². The number of terminal acetylenes is 1. The van der Waals surface area contributed by atoms with Gasteiger partial charge in [0.15, 0.2) is 17.3 Å². The largest absolute Gasteiger partial charge is 0.380 e. The fourth-order valence-corrected chi connectivity index (χ4v) is 6.91. The number of anilines is 2. The van der Waals surface area contributed by atoms with Crippen molar-refractivity contribution in [3.63, 3.8) is 0 Å². The Balaban J connectivity index is 0.000000183. The summed E-state index contributed by atoms with van der Waals surface area (Å²) in [7, 11) is -1.69. The number of carbonyl (C=O) groups excluding carboxylic acids is 1. The predicted molar refractivity (Wildman–Crippen MR) is 283 cm³/mol. The molecular weight excluding hydrogens is 966 g/mol. The number of benzene rings is 3. The fraction of sp³-hybridized carbons (Fsp3) is 0.118. The van der Waals surface area contributed by atoms with Crippen molar-refractivity contribution in [3.05, 3.63) is 179 Å². The monoisotopic (exact) mass is 1010 g/mol. The summed E-state index contributed by atoms with van der Waals surface area (Å²) < 4.78 is 43.0. The third-order valence-corrected chi connectivity index (χ3v) is 10.9. The molecule has 74 heavy (non-hydrogen) atoms. The highest BCUT2D eigenvalue weighted by Gasteiger charge is 2.19. The Morgan fingerprint density at radius 3 is 1.77 bits per heavy atom. The normalized spacial score (nSPS) is 11.1. The molecule has 374 valence electrons. The molecule has 0 saturated carbocycles. The second-order valence-corrected chi connectivity index (χ2v) is 21.3. The molecule has 1 amide bonds. The Bertz CT molecular complexity index is 3480. The van der Waals surface area contributed by atoms with E-state index < -0.39 is 14.0 Å². The molecular formula is C51H49F3N18OSi. The molecule has 0 bridgehead atoms. The van der Waals surface area contributed by atoms with Crippen molar-refractivity contribution >= 4 is 59.7 Å². The van der Waals surface area contributed by atoms with Gasteiger partial charge in [-0.3, -0.25) is 20.7 Å². The number of hydrogen-bond acceptors (Lipinski definition) is 14. The number of aromatic nitrogens is 8. The fourth-order valence-electron chi connectivity index (χ4n) is 6.42. The third kappa shape index (κ3) is 14.5. The lowest BCUT2D eigenvalue weighted by Crippen LogP contribution is -2.30. The van der Waals surface area contributed by atoms with Gasteiger partial charge in [0.05, 0.1) is 11.9 Å². The number of fused-ring (bicyclic) bond motifs is 1. The SMILES string of the molecule is C#Cc1nc(-c2nn(Cc3ccccc3F)c3ncccc23)n[nH]1.C[Si](C)(C)C#CC(=O)N/N=C(\N)C(=N)c1cccnc1NCc1ccccc1F.N=C(/C(N)=N/N)c1cccnc1NCc1ccccc1F. The minimum absolute atomic E-state index is 0.0402. The number of halogens is 3. The molecule has 8 aromatic rings. The van der Waals surface area contributed by atoms with E-state index in [9.17, 15) is 18.0 Å². The highest BCUT2D eigenvalue weighted by Crippen LogP contribution is 2.25. The zero-order chi connectivity index (χ0) is 53.2. The number of nitrogens with two attached hydrogens (primary N) is 3.